The Morgan fingerprint density at radius 2 is 1.91 bits per heavy atom. The van der Waals surface area contributed by atoms with Crippen molar-refractivity contribution in [3.8, 4) is 0 Å². The predicted molar refractivity (Wildman–Crippen MR) is 73.7 cm³/mol. The topological polar surface area (TPSA) is 65.5 Å². The molecule has 4 atom stereocenters. The molecular formula is C14H18F3N3O3. The lowest BCUT2D eigenvalue weighted by atomic mass is 9.99. The van der Waals surface area contributed by atoms with Crippen molar-refractivity contribution in [2.45, 2.75) is 57.1 Å². The first kappa shape index (κ1) is 16.4. The summed E-state index contributed by atoms with van der Waals surface area (Å²) in [5.41, 5.74) is -1.05. The summed E-state index contributed by atoms with van der Waals surface area (Å²) in [6, 6.07) is -0.379. The Balaban J connectivity index is 1.78. The third-order valence-corrected chi connectivity index (χ3v) is 3.82. The van der Waals surface area contributed by atoms with Gasteiger partial charge in [-0.25, -0.2) is 4.98 Å². The second kappa shape index (κ2) is 5.57. The van der Waals surface area contributed by atoms with Gasteiger partial charge >= 0.3 is 6.18 Å². The summed E-state index contributed by atoms with van der Waals surface area (Å²) in [4.78, 5) is 7.14. The first-order valence-corrected chi connectivity index (χ1v) is 7.29. The van der Waals surface area contributed by atoms with Crippen molar-refractivity contribution < 1.29 is 27.4 Å². The summed E-state index contributed by atoms with van der Waals surface area (Å²) < 4.78 is 55.5. The molecule has 1 N–H and O–H groups in total. The highest BCUT2D eigenvalue weighted by molar-refractivity contribution is 5.35. The van der Waals surface area contributed by atoms with Gasteiger partial charge in [-0.1, -0.05) is 0 Å². The Hall–Kier alpha value is -1.45. The van der Waals surface area contributed by atoms with Gasteiger partial charge in [0.15, 0.2) is 11.5 Å². The average molecular weight is 333 g/mol. The van der Waals surface area contributed by atoms with Crippen LogP contribution in [0.4, 0.5) is 19.0 Å². The zero-order chi connectivity index (χ0) is 16.8. The molecular weight excluding hydrogens is 315 g/mol. The zero-order valence-corrected chi connectivity index (χ0v) is 12.9. The van der Waals surface area contributed by atoms with E-state index in [1.54, 1.807) is 13.8 Å². The number of hydrogen-bond donors (Lipinski definition) is 1. The van der Waals surface area contributed by atoms with Crippen LogP contribution in [0.25, 0.3) is 0 Å². The van der Waals surface area contributed by atoms with Crippen molar-refractivity contribution in [3.63, 3.8) is 0 Å². The van der Waals surface area contributed by atoms with Crippen molar-refractivity contribution in [1.82, 2.24) is 9.97 Å². The summed E-state index contributed by atoms with van der Waals surface area (Å²) in [5, 5.41) is 2.92. The summed E-state index contributed by atoms with van der Waals surface area (Å²) in [5.74, 6) is -0.744. The molecule has 0 spiro atoms. The molecule has 0 amide bonds. The van der Waals surface area contributed by atoms with Gasteiger partial charge in [0.2, 0.25) is 0 Å². The molecule has 1 unspecified atom stereocenters. The van der Waals surface area contributed by atoms with Gasteiger partial charge in [0.1, 0.15) is 18.0 Å². The number of nitrogens with zero attached hydrogens (tertiary/aromatic N) is 2. The Kier molecular flexibility index (Phi) is 3.97. The molecule has 9 heteroatoms. The third kappa shape index (κ3) is 3.41. The first-order chi connectivity index (χ1) is 10.7. The summed E-state index contributed by atoms with van der Waals surface area (Å²) in [7, 11) is 0. The normalized spacial score (nSPS) is 33.3. The van der Waals surface area contributed by atoms with Crippen LogP contribution in [-0.4, -0.2) is 46.7 Å². The van der Waals surface area contributed by atoms with Crippen molar-refractivity contribution in [2.24, 2.45) is 0 Å². The van der Waals surface area contributed by atoms with E-state index in [9.17, 15) is 13.2 Å². The fourth-order valence-electron chi connectivity index (χ4n) is 2.82. The number of hydrogen-bond acceptors (Lipinski definition) is 6. The predicted octanol–water partition coefficient (Wildman–Crippen LogP) is 2.21. The smallest absolute Gasteiger partial charge is 0.373 e. The van der Waals surface area contributed by atoms with Crippen LogP contribution in [0.15, 0.2) is 12.4 Å². The summed E-state index contributed by atoms with van der Waals surface area (Å²) >= 11 is 0. The minimum absolute atomic E-state index is 0.0232. The number of rotatable bonds is 2. The second-order valence-corrected chi connectivity index (χ2v) is 6.14. The molecule has 0 aromatic carbocycles. The monoisotopic (exact) mass is 333 g/mol. The maximum absolute atomic E-state index is 12.7. The van der Waals surface area contributed by atoms with Crippen LogP contribution in [0.2, 0.25) is 0 Å². The molecule has 0 aliphatic carbocycles. The number of ether oxygens (including phenoxy) is 3. The number of nitrogens with one attached hydrogen (secondary N) is 1. The van der Waals surface area contributed by atoms with Gasteiger partial charge in [-0.3, -0.25) is 4.98 Å². The van der Waals surface area contributed by atoms with E-state index in [0.717, 1.165) is 0 Å². The fourth-order valence-corrected chi connectivity index (χ4v) is 2.82. The maximum atomic E-state index is 12.7. The highest BCUT2D eigenvalue weighted by atomic mass is 19.4. The summed E-state index contributed by atoms with van der Waals surface area (Å²) in [6.45, 7) is 5.74. The minimum atomic E-state index is -4.54. The van der Waals surface area contributed by atoms with Crippen LogP contribution in [0.3, 0.4) is 0 Å². The third-order valence-electron chi connectivity index (χ3n) is 3.82. The molecule has 1 aromatic rings. The second-order valence-electron chi connectivity index (χ2n) is 6.14. The standard InChI is InChI=1S/C14H18F3N3O3/c1-7-11-12(23-13(2,3)22-11)8(6-21-7)19-10-5-18-4-9(20-10)14(15,16)17/h4-5,7-8,11-12H,6H2,1-3H3,(H,19,20)/t7-,8?,11+,12-/m1/s1. The molecule has 0 saturated carbocycles. The highest BCUT2D eigenvalue weighted by Gasteiger charge is 2.50. The molecule has 6 nitrogen and oxygen atoms in total. The minimum Gasteiger partial charge on any atom is -0.373 e. The van der Waals surface area contributed by atoms with Crippen molar-refractivity contribution in [2.75, 3.05) is 11.9 Å². The lowest BCUT2D eigenvalue weighted by Gasteiger charge is -2.36. The van der Waals surface area contributed by atoms with E-state index in [2.05, 4.69) is 15.3 Å². The van der Waals surface area contributed by atoms with Crippen LogP contribution < -0.4 is 5.32 Å². The molecule has 23 heavy (non-hydrogen) atoms. The Bertz CT molecular complexity index is 582. The molecule has 2 aliphatic rings. The van der Waals surface area contributed by atoms with Gasteiger partial charge in [0.05, 0.1) is 31.1 Å². The van der Waals surface area contributed by atoms with Crippen LogP contribution in [0.5, 0.6) is 0 Å². The summed E-state index contributed by atoms with van der Waals surface area (Å²) in [6.07, 6.45) is -3.41. The van der Waals surface area contributed by atoms with Gasteiger partial charge in [0, 0.05) is 0 Å². The Labute approximate surface area is 131 Å². The molecule has 2 saturated heterocycles. The Morgan fingerprint density at radius 1 is 1.22 bits per heavy atom. The molecule has 3 heterocycles. The van der Waals surface area contributed by atoms with Crippen LogP contribution in [0.1, 0.15) is 26.5 Å². The fraction of sp³-hybridized carbons (Fsp3) is 0.714. The molecule has 1 aromatic heterocycles. The highest BCUT2D eigenvalue weighted by Crippen LogP contribution is 2.36. The number of aromatic nitrogens is 2. The van der Waals surface area contributed by atoms with E-state index in [-0.39, 0.29) is 36.8 Å². The molecule has 2 fully saturated rings. The van der Waals surface area contributed by atoms with E-state index < -0.39 is 17.7 Å². The maximum Gasteiger partial charge on any atom is 0.434 e. The number of anilines is 1. The average Bonchev–Trinajstić information content (AvgIpc) is 2.78. The van der Waals surface area contributed by atoms with Crippen LogP contribution in [0, 0.1) is 0 Å². The van der Waals surface area contributed by atoms with E-state index in [1.807, 2.05) is 6.92 Å². The number of halogens is 3. The number of fused-ring (bicyclic) bond motifs is 1. The van der Waals surface area contributed by atoms with Crippen LogP contribution >= 0.6 is 0 Å². The quantitative estimate of drug-likeness (QED) is 0.895. The van der Waals surface area contributed by atoms with Gasteiger partial charge in [-0.2, -0.15) is 13.2 Å². The number of alkyl halides is 3. The van der Waals surface area contributed by atoms with E-state index >= 15 is 0 Å². The van der Waals surface area contributed by atoms with Crippen molar-refractivity contribution in [1.29, 1.82) is 0 Å². The van der Waals surface area contributed by atoms with Crippen molar-refractivity contribution >= 4 is 5.82 Å². The van der Waals surface area contributed by atoms with Gasteiger partial charge < -0.3 is 19.5 Å². The van der Waals surface area contributed by atoms with Gasteiger partial charge in [-0.15, -0.1) is 0 Å². The first-order valence-electron chi connectivity index (χ1n) is 7.29. The largest absolute Gasteiger partial charge is 0.434 e. The zero-order valence-electron chi connectivity index (χ0n) is 12.9. The van der Waals surface area contributed by atoms with E-state index in [4.69, 9.17) is 14.2 Å². The van der Waals surface area contributed by atoms with E-state index in [0.29, 0.717) is 6.20 Å². The lowest BCUT2D eigenvalue weighted by molar-refractivity contribution is -0.152. The molecule has 2 aliphatic heterocycles. The van der Waals surface area contributed by atoms with E-state index in [1.165, 1.54) is 6.20 Å². The molecule has 3 rings (SSSR count). The van der Waals surface area contributed by atoms with Crippen LogP contribution in [-0.2, 0) is 20.4 Å². The SMILES string of the molecule is C[C@H]1OCC(Nc2cncc(C(F)(F)F)n2)[C@H]2OC(C)(C)O[C@H]21. The Morgan fingerprint density at radius 3 is 2.61 bits per heavy atom. The molecule has 128 valence electrons. The lowest BCUT2D eigenvalue weighted by Crippen LogP contribution is -2.53. The molecule has 0 radical (unpaired) electrons. The van der Waals surface area contributed by atoms with Crippen molar-refractivity contribution in [3.05, 3.63) is 18.1 Å². The molecule has 0 bridgehead atoms. The van der Waals surface area contributed by atoms with Gasteiger partial charge in [-0.05, 0) is 20.8 Å². The van der Waals surface area contributed by atoms with Gasteiger partial charge in [0.25, 0.3) is 0 Å².